The molecule has 2 aromatic rings. The molecule has 0 unspecified atom stereocenters. The van der Waals surface area contributed by atoms with E-state index in [9.17, 15) is 17.6 Å². The third kappa shape index (κ3) is 6.21. The fraction of sp³-hybridized carbons (Fsp3) is 0.267. The molecule has 0 radical (unpaired) electrons. The number of hydrogen-bond donors (Lipinski definition) is 0. The molecule has 0 bridgehead atoms. The molecule has 2 aliphatic rings. The van der Waals surface area contributed by atoms with Gasteiger partial charge in [-0.25, -0.2) is 8.78 Å². The summed E-state index contributed by atoms with van der Waals surface area (Å²) in [6, 6.07) is 10.0. The molecule has 0 saturated carbocycles. The highest BCUT2D eigenvalue weighted by Crippen LogP contribution is 2.28. The number of rotatable bonds is 6. The van der Waals surface area contributed by atoms with Crippen molar-refractivity contribution >= 4 is 11.1 Å². The number of alkyl halides is 2. The maximum atomic E-state index is 14.9. The molecule has 0 atom stereocenters. The Kier molecular flexibility index (Phi) is 7.44. The highest BCUT2D eigenvalue weighted by Gasteiger charge is 2.31. The first-order chi connectivity index (χ1) is 16.7. The Balaban J connectivity index is 1.47. The number of benzene rings is 2. The van der Waals surface area contributed by atoms with Crippen LogP contribution in [-0.4, -0.2) is 6.11 Å². The van der Waals surface area contributed by atoms with Crippen molar-refractivity contribution in [3.8, 4) is 0 Å². The van der Waals surface area contributed by atoms with Crippen LogP contribution in [0.25, 0.3) is 11.1 Å². The Morgan fingerprint density at radius 1 is 0.857 bits per heavy atom. The van der Waals surface area contributed by atoms with Crippen LogP contribution < -0.4 is 10.4 Å². The summed E-state index contributed by atoms with van der Waals surface area (Å²) in [5.74, 6) is -1.23. The van der Waals surface area contributed by atoms with Gasteiger partial charge in [-0.1, -0.05) is 66.6 Å². The maximum Gasteiger partial charge on any atom is 0.398 e. The molecular formula is C30H28F4O. The number of allylic oxidation sites excluding steroid dienone is 7. The second-order valence-electron chi connectivity index (χ2n) is 8.90. The lowest BCUT2D eigenvalue weighted by Crippen LogP contribution is -2.23. The molecule has 0 fully saturated rings. The topological polar surface area (TPSA) is 9.23 Å². The number of ether oxygens (including phenoxy) is 1. The quantitative estimate of drug-likeness (QED) is 0.406. The van der Waals surface area contributed by atoms with Crippen LogP contribution in [0.1, 0.15) is 43.7 Å². The molecule has 2 aliphatic carbocycles. The Labute approximate surface area is 203 Å². The molecule has 35 heavy (non-hydrogen) atoms. The molecule has 0 aliphatic heterocycles. The lowest BCUT2D eigenvalue weighted by molar-refractivity contribution is -0.214. The summed E-state index contributed by atoms with van der Waals surface area (Å²) in [6.45, 7) is 3.97. The molecule has 0 amide bonds. The minimum atomic E-state index is -3.32. The van der Waals surface area contributed by atoms with Crippen molar-refractivity contribution in [3.05, 3.63) is 117 Å². The minimum absolute atomic E-state index is 0.0235. The summed E-state index contributed by atoms with van der Waals surface area (Å²) in [5, 5.41) is 0.358. The molecule has 5 heteroatoms. The normalized spacial score (nSPS) is 15.8. The highest BCUT2D eigenvalue weighted by atomic mass is 19.3. The summed E-state index contributed by atoms with van der Waals surface area (Å²) >= 11 is 0. The van der Waals surface area contributed by atoms with Crippen molar-refractivity contribution < 1.29 is 22.3 Å². The van der Waals surface area contributed by atoms with Crippen molar-refractivity contribution in [2.24, 2.45) is 0 Å². The maximum absolute atomic E-state index is 14.9. The molecule has 0 heterocycles. The second kappa shape index (κ2) is 10.5. The van der Waals surface area contributed by atoms with Gasteiger partial charge in [0.15, 0.2) is 0 Å². The van der Waals surface area contributed by atoms with E-state index in [1.54, 1.807) is 12.2 Å². The second-order valence-corrected chi connectivity index (χ2v) is 8.90. The Morgan fingerprint density at radius 2 is 1.51 bits per heavy atom. The molecule has 182 valence electrons. The number of hydrogen-bond acceptors (Lipinski definition) is 1. The minimum Gasteiger partial charge on any atom is -0.433 e. The van der Waals surface area contributed by atoms with Crippen LogP contribution in [0.15, 0.2) is 84.2 Å². The van der Waals surface area contributed by atoms with E-state index in [0.717, 1.165) is 23.1 Å². The van der Waals surface area contributed by atoms with Gasteiger partial charge in [0.25, 0.3) is 0 Å². The summed E-state index contributed by atoms with van der Waals surface area (Å²) in [6.07, 6.45) is 8.12. The smallest absolute Gasteiger partial charge is 0.398 e. The van der Waals surface area contributed by atoms with E-state index < -0.39 is 24.2 Å². The summed E-state index contributed by atoms with van der Waals surface area (Å²) in [4.78, 5) is 0. The zero-order valence-electron chi connectivity index (χ0n) is 19.9. The first kappa shape index (κ1) is 24.8. The van der Waals surface area contributed by atoms with E-state index in [0.29, 0.717) is 22.8 Å². The standard InChI is InChI=1S/C30H28F4O/c1-3-21-8-10-24(11-9-21)29-27(31)18-25(19-28(29)32)23-12-14-26(15-13-23)35-30(33,34)17-16-22-6-4-20(2)5-7-22/h4-10,12,14-15,18-19H,3,11,13,16-17H2,1-2H3. The summed E-state index contributed by atoms with van der Waals surface area (Å²) < 4.78 is 63.4. The van der Waals surface area contributed by atoms with E-state index in [2.05, 4.69) is 0 Å². The van der Waals surface area contributed by atoms with Gasteiger partial charge in [-0.3, -0.25) is 0 Å². The van der Waals surface area contributed by atoms with Crippen LogP contribution in [0.2, 0.25) is 0 Å². The average molecular weight is 481 g/mol. The van der Waals surface area contributed by atoms with Crippen LogP contribution in [0.5, 0.6) is 0 Å². The first-order valence-electron chi connectivity index (χ1n) is 11.8. The van der Waals surface area contributed by atoms with Gasteiger partial charge in [-0.05, 0) is 78.8 Å². The number of aryl methyl sites for hydroxylation is 2. The Hall–Kier alpha value is -3.34. The van der Waals surface area contributed by atoms with Gasteiger partial charge in [0.1, 0.15) is 17.4 Å². The fourth-order valence-corrected chi connectivity index (χ4v) is 4.18. The van der Waals surface area contributed by atoms with E-state index >= 15 is 0 Å². The van der Waals surface area contributed by atoms with Crippen LogP contribution in [0.4, 0.5) is 17.6 Å². The SMILES string of the molecule is CCC1=CCC(=c2c(F)cc(=C3C=CC(OC(F)(F)CCc4ccc(C)cc4)=CC3)cc2F)C=C1. The van der Waals surface area contributed by atoms with E-state index in [1.807, 2.05) is 50.3 Å². The Bertz CT molecular complexity index is 1310. The van der Waals surface area contributed by atoms with Gasteiger partial charge >= 0.3 is 6.11 Å². The van der Waals surface area contributed by atoms with Gasteiger partial charge in [0.2, 0.25) is 0 Å². The molecule has 2 aromatic carbocycles. The Morgan fingerprint density at radius 3 is 2.09 bits per heavy atom. The zero-order valence-corrected chi connectivity index (χ0v) is 19.9. The van der Waals surface area contributed by atoms with Crippen LogP contribution in [0, 0.1) is 18.6 Å². The van der Waals surface area contributed by atoms with E-state index in [4.69, 9.17) is 4.74 Å². The molecule has 0 saturated heterocycles. The van der Waals surface area contributed by atoms with Gasteiger partial charge in [0.05, 0.1) is 6.42 Å². The van der Waals surface area contributed by atoms with Gasteiger partial charge in [-0.2, -0.15) is 8.78 Å². The predicted octanol–water partition coefficient (Wildman–Crippen LogP) is 6.96. The third-order valence-corrected chi connectivity index (χ3v) is 6.29. The van der Waals surface area contributed by atoms with Crippen molar-refractivity contribution in [3.63, 3.8) is 0 Å². The molecular weight excluding hydrogens is 452 g/mol. The number of halogens is 4. The monoisotopic (exact) mass is 480 g/mol. The van der Waals surface area contributed by atoms with Crippen LogP contribution in [0.3, 0.4) is 0 Å². The lowest BCUT2D eigenvalue weighted by atomic mass is 9.97. The van der Waals surface area contributed by atoms with E-state index in [1.165, 1.54) is 24.3 Å². The molecule has 0 N–H and O–H groups in total. The van der Waals surface area contributed by atoms with E-state index in [-0.39, 0.29) is 23.8 Å². The predicted molar refractivity (Wildman–Crippen MR) is 132 cm³/mol. The zero-order chi connectivity index (χ0) is 25.0. The average Bonchev–Trinajstić information content (AvgIpc) is 2.84. The third-order valence-electron chi connectivity index (χ3n) is 6.29. The van der Waals surface area contributed by atoms with Gasteiger partial charge < -0.3 is 4.74 Å². The van der Waals surface area contributed by atoms with Gasteiger partial charge in [0, 0.05) is 5.22 Å². The summed E-state index contributed by atoms with van der Waals surface area (Å²) in [5.41, 5.74) is 4.25. The van der Waals surface area contributed by atoms with Crippen molar-refractivity contribution in [2.75, 3.05) is 0 Å². The molecule has 0 spiro atoms. The lowest BCUT2D eigenvalue weighted by Gasteiger charge is -2.20. The highest BCUT2D eigenvalue weighted by molar-refractivity contribution is 5.64. The summed E-state index contributed by atoms with van der Waals surface area (Å²) in [7, 11) is 0. The van der Waals surface area contributed by atoms with Crippen LogP contribution in [-0.2, 0) is 11.2 Å². The van der Waals surface area contributed by atoms with Gasteiger partial charge in [-0.15, -0.1) is 0 Å². The van der Waals surface area contributed by atoms with Crippen molar-refractivity contribution in [1.82, 2.24) is 0 Å². The molecule has 0 aromatic heterocycles. The van der Waals surface area contributed by atoms with Crippen LogP contribution >= 0.6 is 0 Å². The first-order valence-corrected chi connectivity index (χ1v) is 11.8. The molecule has 4 rings (SSSR count). The van der Waals surface area contributed by atoms with Crippen molar-refractivity contribution in [2.45, 2.75) is 52.1 Å². The van der Waals surface area contributed by atoms with Crippen molar-refractivity contribution in [1.29, 1.82) is 0 Å². The largest absolute Gasteiger partial charge is 0.433 e. The fourth-order valence-electron chi connectivity index (χ4n) is 4.18. The molecule has 1 nitrogen and oxygen atoms in total.